The highest BCUT2D eigenvalue weighted by molar-refractivity contribution is 5.25. The van der Waals surface area contributed by atoms with Crippen molar-refractivity contribution in [2.45, 2.75) is 108 Å². The van der Waals surface area contributed by atoms with Gasteiger partial charge in [-0.3, -0.25) is 0 Å². The smallest absolute Gasteiger partial charge is 0.110 e. The number of aliphatic hydroxyl groups excluding tert-OH is 7. The van der Waals surface area contributed by atoms with Gasteiger partial charge >= 0.3 is 0 Å². The van der Waals surface area contributed by atoms with Crippen LogP contribution in [0.4, 0.5) is 0 Å². The van der Waals surface area contributed by atoms with E-state index < -0.39 is 70.8 Å². The fraction of sp³-hybridized carbons (Fsp3) is 0.929. The molecular formula is C28H48O8. The molecule has 0 bridgehead atoms. The topological polar surface area (TPSA) is 162 Å². The normalized spacial score (nSPS) is 54.2. The molecule has 4 rings (SSSR count). The Labute approximate surface area is 214 Å². The SMILES string of the molecule is C=C(CCC(C)C1C(O)C(O)C2C1(C)CCC1C3(C)CCC(O)C(O)C3C(O)C(O)C12O)C(C)CO. The lowest BCUT2D eigenvalue weighted by molar-refractivity contribution is -0.322. The molecule has 8 heteroatoms. The molecule has 0 saturated heterocycles. The molecule has 15 atom stereocenters. The highest BCUT2D eigenvalue weighted by Gasteiger charge is 2.76. The second-order valence-electron chi connectivity index (χ2n) is 13.3. The minimum absolute atomic E-state index is 0.0203. The van der Waals surface area contributed by atoms with E-state index in [4.69, 9.17) is 0 Å². The van der Waals surface area contributed by atoms with E-state index in [1.54, 1.807) is 0 Å². The molecule has 0 aromatic carbocycles. The van der Waals surface area contributed by atoms with Crippen LogP contribution >= 0.6 is 0 Å². The maximum atomic E-state index is 12.4. The van der Waals surface area contributed by atoms with Crippen LogP contribution in [-0.4, -0.2) is 89.7 Å². The zero-order chi connectivity index (χ0) is 27.0. The van der Waals surface area contributed by atoms with Crippen molar-refractivity contribution in [3.63, 3.8) is 0 Å². The third-order valence-corrected chi connectivity index (χ3v) is 11.5. The molecule has 0 amide bonds. The van der Waals surface area contributed by atoms with Gasteiger partial charge in [-0.05, 0) is 73.0 Å². The number of rotatable bonds is 6. The molecule has 4 fully saturated rings. The van der Waals surface area contributed by atoms with Crippen molar-refractivity contribution < 1.29 is 40.9 Å². The quantitative estimate of drug-likeness (QED) is 0.240. The van der Waals surface area contributed by atoms with Crippen LogP contribution in [0.15, 0.2) is 12.2 Å². The molecule has 15 unspecified atom stereocenters. The monoisotopic (exact) mass is 512 g/mol. The molecule has 36 heavy (non-hydrogen) atoms. The second-order valence-corrected chi connectivity index (χ2v) is 13.3. The first-order chi connectivity index (χ1) is 16.7. The molecular weight excluding hydrogens is 464 g/mol. The Morgan fingerprint density at radius 1 is 0.889 bits per heavy atom. The molecule has 208 valence electrons. The molecule has 0 radical (unpaired) electrons. The zero-order valence-electron chi connectivity index (χ0n) is 22.2. The van der Waals surface area contributed by atoms with Gasteiger partial charge in [-0.1, -0.05) is 39.8 Å². The summed E-state index contributed by atoms with van der Waals surface area (Å²) in [5, 5.41) is 88.3. The van der Waals surface area contributed by atoms with E-state index in [0.717, 1.165) is 5.57 Å². The summed E-state index contributed by atoms with van der Waals surface area (Å²) < 4.78 is 0. The third-order valence-electron chi connectivity index (χ3n) is 11.5. The number of aliphatic hydroxyl groups is 8. The van der Waals surface area contributed by atoms with Gasteiger partial charge in [0.15, 0.2) is 0 Å². The maximum Gasteiger partial charge on any atom is 0.110 e. The van der Waals surface area contributed by atoms with Crippen molar-refractivity contribution in [2.24, 2.45) is 46.3 Å². The highest BCUT2D eigenvalue weighted by atomic mass is 16.4. The summed E-state index contributed by atoms with van der Waals surface area (Å²) in [7, 11) is 0. The van der Waals surface area contributed by atoms with Crippen molar-refractivity contribution in [1.29, 1.82) is 0 Å². The van der Waals surface area contributed by atoms with Gasteiger partial charge in [-0.2, -0.15) is 0 Å². The van der Waals surface area contributed by atoms with Crippen LogP contribution in [-0.2, 0) is 0 Å². The second kappa shape index (κ2) is 9.56. The average molecular weight is 513 g/mol. The summed E-state index contributed by atoms with van der Waals surface area (Å²) in [5.74, 6) is -2.57. The molecule has 4 saturated carbocycles. The van der Waals surface area contributed by atoms with Crippen LogP contribution in [0.25, 0.3) is 0 Å². The minimum Gasteiger partial charge on any atom is -0.396 e. The fourth-order valence-corrected chi connectivity index (χ4v) is 9.52. The molecule has 0 aromatic rings. The Bertz CT molecular complexity index is 836. The number of hydrogen-bond acceptors (Lipinski definition) is 8. The Hall–Kier alpha value is -0.580. The van der Waals surface area contributed by atoms with E-state index in [2.05, 4.69) is 6.58 Å². The lowest BCUT2D eigenvalue weighted by Crippen LogP contribution is -2.76. The molecule has 0 heterocycles. The first-order valence-corrected chi connectivity index (χ1v) is 13.8. The van der Waals surface area contributed by atoms with E-state index in [9.17, 15) is 40.9 Å². The van der Waals surface area contributed by atoms with Crippen LogP contribution in [0.3, 0.4) is 0 Å². The summed E-state index contributed by atoms with van der Waals surface area (Å²) in [6.07, 6.45) is -4.40. The van der Waals surface area contributed by atoms with Crippen molar-refractivity contribution in [1.82, 2.24) is 0 Å². The maximum absolute atomic E-state index is 12.4. The van der Waals surface area contributed by atoms with E-state index in [1.807, 2.05) is 27.7 Å². The van der Waals surface area contributed by atoms with Crippen LogP contribution in [0, 0.1) is 46.3 Å². The van der Waals surface area contributed by atoms with Crippen molar-refractivity contribution in [3.8, 4) is 0 Å². The summed E-state index contributed by atoms with van der Waals surface area (Å²) in [6, 6.07) is 0. The third kappa shape index (κ3) is 3.78. The first kappa shape index (κ1) is 28.4. The van der Waals surface area contributed by atoms with Gasteiger partial charge in [-0.25, -0.2) is 0 Å². The van der Waals surface area contributed by atoms with Crippen LogP contribution in [0.2, 0.25) is 0 Å². The number of hydrogen-bond donors (Lipinski definition) is 8. The molecule has 0 spiro atoms. The van der Waals surface area contributed by atoms with Crippen molar-refractivity contribution in [2.75, 3.05) is 6.61 Å². The lowest BCUT2D eigenvalue weighted by atomic mass is 9.40. The fourth-order valence-electron chi connectivity index (χ4n) is 9.52. The summed E-state index contributed by atoms with van der Waals surface area (Å²) in [4.78, 5) is 0. The van der Waals surface area contributed by atoms with Crippen molar-refractivity contribution >= 4 is 0 Å². The largest absolute Gasteiger partial charge is 0.396 e. The number of fused-ring (bicyclic) bond motifs is 5. The molecule has 0 aromatic heterocycles. The molecule has 4 aliphatic carbocycles. The molecule has 0 aliphatic heterocycles. The Morgan fingerprint density at radius 3 is 2.11 bits per heavy atom. The summed E-state index contributed by atoms with van der Waals surface area (Å²) in [6.45, 7) is 11.9. The highest BCUT2D eigenvalue weighted by Crippen LogP contribution is 2.69. The van der Waals surface area contributed by atoms with E-state index in [1.165, 1.54) is 0 Å². The Balaban J connectivity index is 1.68. The molecule has 8 N–H and O–H groups in total. The Kier molecular flexibility index (Phi) is 7.55. The lowest BCUT2D eigenvalue weighted by Gasteiger charge is -2.67. The summed E-state index contributed by atoms with van der Waals surface area (Å²) >= 11 is 0. The van der Waals surface area contributed by atoms with Crippen molar-refractivity contribution in [3.05, 3.63) is 12.2 Å². The Morgan fingerprint density at radius 2 is 1.50 bits per heavy atom. The van der Waals surface area contributed by atoms with E-state index >= 15 is 0 Å². The van der Waals surface area contributed by atoms with E-state index in [-0.39, 0.29) is 24.4 Å². The first-order valence-electron chi connectivity index (χ1n) is 13.8. The van der Waals surface area contributed by atoms with Gasteiger partial charge in [0.25, 0.3) is 0 Å². The minimum atomic E-state index is -1.86. The predicted octanol–water partition coefficient (Wildman–Crippen LogP) is 0.576. The van der Waals surface area contributed by atoms with Crippen LogP contribution in [0.5, 0.6) is 0 Å². The van der Waals surface area contributed by atoms with Crippen LogP contribution in [0.1, 0.15) is 66.2 Å². The van der Waals surface area contributed by atoms with Gasteiger partial charge in [0.2, 0.25) is 0 Å². The average Bonchev–Trinajstić information content (AvgIpc) is 3.03. The zero-order valence-corrected chi connectivity index (χ0v) is 22.2. The standard InChI is InChI=1S/C28H48O8/c1-13(15(3)12-29)6-7-14(2)18-21(32)23(34)24-27(18,5)11-9-17-26(4)10-8-16(30)20(31)19(26)22(33)25(35)28(17,24)36/h14-25,29-36H,1,6-12H2,2-5H3. The van der Waals surface area contributed by atoms with Gasteiger partial charge in [0.1, 0.15) is 11.7 Å². The van der Waals surface area contributed by atoms with Gasteiger partial charge < -0.3 is 40.9 Å². The molecule has 8 nitrogen and oxygen atoms in total. The van der Waals surface area contributed by atoms with Gasteiger partial charge in [0, 0.05) is 18.4 Å². The van der Waals surface area contributed by atoms with Gasteiger partial charge in [-0.15, -0.1) is 0 Å². The van der Waals surface area contributed by atoms with E-state index in [0.29, 0.717) is 38.5 Å². The predicted molar refractivity (Wildman–Crippen MR) is 133 cm³/mol. The van der Waals surface area contributed by atoms with Crippen LogP contribution < -0.4 is 0 Å². The molecule has 4 aliphatic rings. The van der Waals surface area contributed by atoms with Gasteiger partial charge in [0.05, 0.1) is 30.5 Å². The summed E-state index contributed by atoms with van der Waals surface area (Å²) in [5.41, 5.74) is -2.36.